The Morgan fingerprint density at radius 3 is 2.50 bits per heavy atom. The predicted molar refractivity (Wildman–Crippen MR) is 136 cm³/mol. The molecule has 0 bridgehead atoms. The van der Waals surface area contributed by atoms with Gasteiger partial charge in [0.2, 0.25) is 0 Å². The number of ketones is 3. The van der Waals surface area contributed by atoms with Crippen LogP contribution >= 0.6 is 0 Å². The van der Waals surface area contributed by atoms with Crippen molar-refractivity contribution in [2.45, 2.75) is 18.9 Å². The van der Waals surface area contributed by atoms with Crippen LogP contribution in [-0.2, 0) is 25.5 Å². The maximum Gasteiger partial charge on any atom is 0.255 e. The number of hydrogen-bond donors (Lipinski definition) is 4. The molecule has 11 heteroatoms. The van der Waals surface area contributed by atoms with Crippen LogP contribution in [0.4, 0.5) is 0 Å². The lowest BCUT2D eigenvalue weighted by Crippen LogP contribution is -2.53. The summed E-state index contributed by atoms with van der Waals surface area (Å²) in [4.78, 5) is 54.4. The fraction of sp³-hybridized carbons (Fsp3) is 0.481. The smallest absolute Gasteiger partial charge is 0.255 e. The summed E-state index contributed by atoms with van der Waals surface area (Å²) >= 11 is 0. The second kappa shape index (κ2) is 10.7. The highest BCUT2D eigenvalue weighted by molar-refractivity contribution is 6.22. The molecule has 0 saturated carbocycles. The molecule has 0 spiro atoms. The molecular weight excluding hydrogens is 494 g/mol. The van der Waals surface area contributed by atoms with Gasteiger partial charge >= 0.3 is 0 Å². The number of phenolic OH excluding ortho intramolecular Hbond substituents is 1. The molecule has 0 radical (unpaired) electrons. The van der Waals surface area contributed by atoms with E-state index in [1.54, 1.807) is 26.0 Å². The van der Waals surface area contributed by atoms with Gasteiger partial charge in [-0.05, 0) is 63.5 Å². The number of primary amides is 1. The van der Waals surface area contributed by atoms with Gasteiger partial charge in [0.05, 0.1) is 30.7 Å². The van der Waals surface area contributed by atoms with E-state index in [1.165, 1.54) is 19.2 Å². The number of ether oxygens (including phenoxy) is 2. The molecule has 38 heavy (non-hydrogen) atoms. The minimum atomic E-state index is -1.06. The Hall–Kier alpha value is -3.54. The Morgan fingerprint density at radius 1 is 1.18 bits per heavy atom. The number of aliphatic hydroxyl groups excluding tert-OH is 1. The Bertz CT molecular complexity index is 1270. The Kier molecular flexibility index (Phi) is 7.73. The number of Topliss-reactive ketones (excluding diaryl/α,β-unsaturated/α-hetero) is 3. The van der Waals surface area contributed by atoms with Crippen LogP contribution in [0.25, 0.3) is 0 Å². The van der Waals surface area contributed by atoms with E-state index in [0.29, 0.717) is 17.5 Å². The van der Waals surface area contributed by atoms with Gasteiger partial charge in [0, 0.05) is 18.2 Å². The highest BCUT2D eigenvalue weighted by Crippen LogP contribution is 2.51. The van der Waals surface area contributed by atoms with Crippen molar-refractivity contribution >= 4 is 23.3 Å². The average molecular weight is 528 g/mol. The van der Waals surface area contributed by atoms with Gasteiger partial charge in [-0.2, -0.15) is 0 Å². The number of nitrogens with zero attached hydrogens (tertiary/aromatic N) is 1. The van der Waals surface area contributed by atoms with Crippen LogP contribution in [0.2, 0.25) is 0 Å². The fourth-order valence-electron chi connectivity index (χ4n) is 6.16. The lowest BCUT2D eigenvalue weighted by Gasteiger charge is -2.47. The standard InChI is InChI=1S/C27H33N3O8/c1-29-11-17(32)13-5-6-16(31)19-14(13)9-12-10-15-20(26(18(12)23(19)33)38-8-7-37-4)24(34)21(27(28)36)25(35)22(15)30(2)3/h5-6,12,15,20,22,29,31,35H,7-11H2,1-4H3,(H2,28,36). The van der Waals surface area contributed by atoms with Crippen molar-refractivity contribution in [3.8, 4) is 5.75 Å². The Balaban J connectivity index is 1.94. The summed E-state index contributed by atoms with van der Waals surface area (Å²) in [6, 6.07) is 2.09. The maximum absolute atomic E-state index is 14.0. The third-order valence-electron chi connectivity index (χ3n) is 7.61. The quantitative estimate of drug-likeness (QED) is 0.202. The number of hydrogen-bond acceptors (Lipinski definition) is 10. The second-order valence-corrected chi connectivity index (χ2v) is 10.1. The molecule has 1 aromatic rings. The van der Waals surface area contributed by atoms with E-state index < -0.39 is 52.6 Å². The van der Waals surface area contributed by atoms with E-state index in [4.69, 9.17) is 15.2 Å². The van der Waals surface area contributed by atoms with Gasteiger partial charge in [-0.25, -0.2) is 0 Å². The maximum atomic E-state index is 14.0. The van der Waals surface area contributed by atoms with Gasteiger partial charge in [-0.15, -0.1) is 0 Å². The molecule has 0 saturated heterocycles. The van der Waals surface area contributed by atoms with Crippen molar-refractivity contribution in [3.05, 3.63) is 51.5 Å². The van der Waals surface area contributed by atoms with Crippen LogP contribution < -0.4 is 11.1 Å². The third-order valence-corrected chi connectivity index (χ3v) is 7.61. The lowest BCUT2D eigenvalue weighted by molar-refractivity contribution is -0.128. The van der Waals surface area contributed by atoms with E-state index in [0.717, 1.165) is 0 Å². The first-order chi connectivity index (χ1) is 18.0. The van der Waals surface area contributed by atoms with Crippen LogP contribution in [0.5, 0.6) is 5.75 Å². The summed E-state index contributed by atoms with van der Waals surface area (Å²) in [6.45, 7) is 0.257. The zero-order valence-electron chi connectivity index (χ0n) is 21.9. The number of nitrogens with one attached hydrogen (secondary N) is 1. The first-order valence-corrected chi connectivity index (χ1v) is 12.4. The molecule has 0 aromatic heterocycles. The van der Waals surface area contributed by atoms with Crippen molar-refractivity contribution in [3.63, 3.8) is 0 Å². The summed E-state index contributed by atoms with van der Waals surface area (Å²) < 4.78 is 11.1. The number of amides is 1. The molecule has 0 aliphatic heterocycles. The first-order valence-electron chi connectivity index (χ1n) is 12.4. The van der Waals surface area contributed by atoms with Crippen molar-refractivity contribution in [1.29, 1.82) is 0 Å². The predicted octanol–water partition coefficient (Wildman–Crippen LogP) is 0.513. The van der Waals surface area contributed by atoms with Gasteiger partial charge in [-0.3, -0.25) is 24.1 Å². The number of likely N-dealkylation sites (N-methyl/N-ethyl adjacent to an activating group) is 2. The molecule has 3 aliphatic rings. The molecule has 4 unspecified atom stereocenters. The zero-order chi connectivity index (χ0) is 27.9. The van der Waals surface area contributed by atoms with Gasteiger partial charge in [0.15, 0.2) is 17.3 Å². The van der Waals surface area contributed by atoms with Crippen molar-refractivity contribution in [2.24, 2.45) is 23.5 Å². The van der Waals surface area contributed by atoms with Crippen LogP contribution in [-0.4, -0.2) is 92.4 Å². The third kappa shape index (κ3) is 4.40. The van der Waals surface area contributed by atoms with Gasteiger partial charge < -0.3 is 30.7 Å². The van der Waals surface area contributed by atoms with Gasteiger partial charge in [0.1, 0.15) is 29.4 Å². The number of aromatic hydroxyl groups is 1. The SMILES string of the molecule is CNCC(=O)c1ccc(O)c2c1CC1CC3C(C(=O)C(C(N)=O)=C(O)C3N(C)C)C(OCCOC)=C1C2=O. The van der Waals surface area contributed by atoms with Crippen LogP contribution in [0, 0.1) is 17.8 Å². The number of fused-ring (bicyclic) bond motifs is 3. The molecule has 1 amide bonds. The van der Waals surface area contributed by atoms with Gasteiger partial charge in [0.25, 0.3) is 5.91 Å². The molecule has 1 aromatic carbocycles. The summed E-state index contributed by atoms with van der Waals surface area (Å²) in [6.07, 6.45) is 0.541. The number of allylic oxidation sites excluding steroid dienone is 2. The second-order valence-electron chi connectivity index (χ2n) is 10.1. The number of nitrogens with two attached hydrogens (primary N) is 1. The Labute approximate surface area is 220 Å². The molecule has 4 rings (SSSR count). The molecule has 5 N–H and O–H groups in total. The topological polar surface area (TPSA) is 168 Å². The lowest BCUT2D eigenvalue weighted by atomic mass is 9.60. The van der Waals surface area contributed by atoms with Crippen LogP contribution in [0.15, 0.2) is 34.8 Å². The molecule has 3 aliphatic carbocycles. The average Bonchev–Trinajstić information content (AvgIpc) is 2.83. The largest absolute Gasteiger partial charge is 0.510 e. The van der Waals surface area contributed by atoms with E-state index in [1.807, 2.05) is 0 Å². The minimum absolute atomic E-state index is 0.00502. The molecular formula is C27H33N3O8. The number of phenols is 1. The fourth-order valence-corrected chi connectivity index (χ4v) is 6.16. The van der Waals surface area contributed by atoms with Crippen LogP contribution in [0.1, 0.15) is 32.7 Å². The van der Waals surface area contributed by atoms with E-state index in [-0.39, 0.29) is 54.6 Å². The number of aliphatic hydroxyl groups is 1. The van der Waals surface area contributed by atoms with Crippen LogP contribution in [0.3, 0.4) is 0 Å². The molecule has 204 valence electrons. The number of carbonyl (C=O) groups excluding carboxylic acids is 4. The number of rotatable bonds is 9. The molecule has 4 atom stereocenters. The summed E-state index contributed by atoms with van der Waals surface area (Å²) in [7, 11) is 6.55. The summed E-state index contributed by atoms with van der Waals surface area (Å²) in [5.41, 5.74) is 6.00. The highest BCUT2D eigenvalue weighted by Gasteiger charge is 2.55. The normalized spacial score (nSPS) is 24.8. The van der Waals surface area contributed by atoms with Crippen molar-refractivity contribution in [1.82, 2.24) is 10.2 Å². The van der Waals surface area contributed by atoms with Gasteiger partial charge in [-0.1, -0.05) is 0 Å². The number of benzene rings is 1. The summed E-state index contributed by atoms with van der Waals surface area (Å²) in [5, 5.41) is 24.5. The first kappa shape index (κ1) is 27.5. The highest BCUT2D eigenvalue weighted by atomic mass is 16.5. The zero-order valence-corrected chi connectivity index (χ0v) is 21.9. The molecule has 0 heterocycles. The van der Waals surface area contributed by atoms with E-state index >= 15 is 0 Å². The number of methoxy groups -OCH3 is 1. The monoisotopic (exact) mass is 527 g/mol. The Morgan fingerprint density at radius 2 is 1.89 bits per heavy atom. The van der Waals surface area contributed by atoms with Crippen molar-refractivity contribution < 1.29 is 38.9 Å². The number of carbonyl (C=O) groups is 4. The molecule has 11 nitrogen and oxygen atoms in total. The van der Waals surface area contributed by atoms with Crippen molar-refractivity contribution in [2.75, 3.05) is 48.0 Å². The summed E-state index contributed by atoms with van der Waals surface area (Å²) in [5.74, 6) is -5.18. The van der Waals surface area contributed by atoms with E-state index in [2.05, 4.69) is 5.32 Å². The minimum Gasteiger partial charge on any atom is -0.510 e. The molecule has 0 fully saturated rings. The van der Waals surface area contributed by atoms with E-state index in [9.17, 15) is 29.4 Å².